The number of benzene rings is 1. The van der Waals surface area contributed by atoms with Crippen LogP contribution in [0.2, 0.25) is 0 Å². The molecule has 2 heterocycles. The van der Waals surface area contributed by atoms with E-state index in [4.69, 9.17) is 5.73 Å². The van der Waals surface area contributed by atoms with Crippen LogP contribution in [0, 0.1) is 0 Å². The number of nitrogens with two attached hydrogens (primary N) is 1. The summed E-state index contributed by atoms with van der Waals surface area (Å²) in [5.74, 6) is 1.62. The summed E-state index contributed by atoms with van der Waals surface area (Å²) in [7, 11) is 0. The lowest BCUT2D eigenvalue weighted by Gasteiger charge is -2.14. The maximum atomic E-state index is 12.2. The number of fused-ring (bicyclic) bond motifs is 1. The van der Waals surface area contributed by atoms with Crippen LogP contribution in [0.15, 0.2) is 24.3 Å². The van der Waals surface area contributed by atoms with Gasteiger partial charge in [0.1, 0.15) is 5.82 Å². The number of nitrogens with zero attached hydrogens (tertiary/aromatic N) is 3. The molecule has 3 rings (SSSR count). The van der Waals surface area contributed by atoms with Crippen LogP contribution >= 0.6 is 0 Å². The first kappa shape index (κ1) is 12.7. The number of rotatable bonds is 3. The monoisotopic (exact) mass is 271 g/mol. The maximum absolute atomic E-state index is 12.2. The van der Waals surface area contributed by atoms with Crippen molar-refractivity contribution >= 4 is 11.6 Å². The van der Waals surface area contributed by atoms with E-state index in [0.717, 1.165) is 31.0 Å². The lowest BCUT2D eigenvalue weighted by molar-refractivity contribution is 0.0938. The Morgan fingerprint density at radius 2 is 2.20 bits per heavy atom. The van der Waals surface area contributed by atoms with Crippen molar-refractivity contribution in [1.82, 2.24) is 20.1 Å². The number of hydrogen-bond acceptors (Lipinski definition) is 4. The molecule has 0 aliphatic carbocycles. The van der Waals surface area contributed by atoms with Crippen LogP contribution in [0.25, 0.3) is 0 Å². The van der Waals surface area contributed by atoms with Gasteiger partial charge in [0.15, 0.2) is 5.82 Å². The fraction of sp³-hybridized carbons (Fsp3) is 0.357. The molecule has 0 bridgehead atoms. The molecular weight excluding hydrogens is 254 g/mol. The minimum atomic E-state index is -0.193. The van der Waals surface area contributed by atoms with Gasteiger partial charge in [-0.15, -0.1) is 10.2 Å². The number of aromatic nitrogens is 3. The molecule has 6 nitrogen and oxygen atoms in total. The van der Waals surface area contributed by atoms with Gasteiger partial charge in [-0.1, -0.05) is 12.1 Å². The molecule has 3 N–H and O–H groups in total. The third-order valence-corrected chi connectivity index (χ3v) is 3.58. The fourth-order valence-corrected chi connectivity index (χ4v) is 2.54. The van der Waals surface area contributed by atoms with Gasteiger partial charge in [-0.25, -0.2) is 0 Å². The third-order valence-electron chi connectivity index (χ3n) is 3.58. The van der Waals surface area contributed by atoms with Crippen LogP contribution in [0.4, 0.5) is 5.69 Å². The predicted molar refractivity (Wildman–Crippen MR) is 75.1 cm³/mol. The fourth-order valence-electron chi connectivity index (χ4n) is 2.54. The molecule has 20 heavy (non-hydrogen) atoms. The van der Waals surface area contributed by atoms with Crippen molar-refractivity contribution in [2.75, 3.05) is 5.73 Å². The summed E-state index contributed by atoms with van der Waals surface area (Å²) in [6.07, 6.45) is 2.05. The molecule has 0 fully saturated rings. The highest BCUT2D eigenvalue weighted by atomic mass is 16.1. The van der Waals surface area contributed by atoms with E-state index in [2.05, 4.69) is 20.1 Å². The van der Waals surface area contributed by atoms with Crippen LogP contribution in [0.1, 0.15) is 41.4 Å². The average molecular weight is 271 g/mol. The van der Waals surface area contributed by atoms with Crippen LogP contribution < -0.4 is 11.1 Å². The molecule has 1 aromatic heterocycles. The van der Waals surface area contributed by atoms with E-state index in [0.29, 0.717) is 11.3 Å². The Bertz CT molecular complexity index is 649. The Morgan fingerprint density at radius 1 is 1.40 bits per heavy atom. The van der Waals surface area contributed by atoms with Crippen molar-refractivity contribution in [1.29, 1.82) is 0 Å². The van der Waals surface area contributed by atoms with Gasteiger partial charge in [0.05, 0.1) is 11.6 Å². The number of carbonyl (C=O) groups excluding carboxylic acids is 1. The SMILES string of the molecule is CC(NC(=O)c1ccccc1N)c1nnc2n1CCC2. The molecule has 0 saturated carbocycles. The van der Waals surface area contributed by atoms with Gasteiger partial charge in [0, 0.05) is 18.7 Å². The minimum absolute atomic E-state index is 0.189. The second-order valence-electron chi connectivity index (χ2n) is 5.01. The van der Waals surface area contributed by atoms with Crippen molar-refractivity contribution in [2.24, 2.45) is 0 Å². The standard InChI is InChI=1S/C14H17N5O/c1-9(13-18-17-12-7-4-8-19(12)13)16-14(20)10-5-2-3-6-11(10)15/h2-3,5-6,9H,4,7-8,15H2,1H3,(H,16,20). The highest BCUT2D eigenvalue weighted by Crippen LogP contribution is 2.19. The van der Waals surface area contributed by atoms with Crippen LogP contribution in [0.5, 0.6) is 0 Å². The van der Waals surface area contributed by atoms with E-state index in [1.165, 1.54) is 0 Å². The topological polar surface area (TPSA) is 85.8 Å². The normalized spacial score (nSPS) is 14.8. The Kier molecular flexibility index (Phi) is 3.14. The molecule has 0 spiro atoms. The average Bonchev–Trinajstić information content (AvgIpc) is 3.00. The van der Waals surface area contributed by atoms with Crippen molar-refractivity contribution in [3.63, 3.8) is 0 Å². The zero-order valence-electron chi connectivity index (χ0n) is 11.3. The molecule has 1 atom stereocenters. The van der Waals surface area contributed by atoms with E-state index in [1.54, 1.807) is 24.3 Å². The van der Waals surface area contributed by atoms with Gasteiger partial charge in [-0.2, -0.15) is 0 Å². The molecule has 1 unspecified atom stereocenters. The van der Waals surface area contributed by atoms with Gasteiger partial charge in [0.25, 0.3) is 5.91 Å². The van der Waals surface area contributed by atoms with E-state index in [-0.39, 0.29) is 11.9 Å². The zero-order valence-corrected chi connectivity index (χ0v) is 11.3. The Balaban J connectivity index is 1.77. The molecule has 1 aromatic carbocycles. The van der Waals surface area contributed by atoms with Gasteiger partial charge >= 0.3 is 0 Å². The van der Waals surface area contributed by atoms with Gasteiger partial charge in [0.2, 0.25) is 0 Å². The van der Waals surface area contributed by atoms with Crippen molar-refractivity contribution in [2.45, 2.75) is 32.4 Å². The third kappa shape index (κ3) is 2.13. The summed E-state index contributed by atoms with van der Waals surface area (Å²) in [5.41, 5.74) is 6.77. The molecule has 1 amide bonds. The Hall–Kier alpha value is -2.37. The van der Waals surface area contributed by atoms with E-state index in [9.17, 15) is 4.79 Å². The smallest absolute Gasteiger partial charge is 0.253 e. The summed E-state index contributed by atoms with van der Waals surface area (Å²) < 4.78 is 2.08. The first-order valence-electron chi connectivity index (χ1n) is 6.74. The van der Waals surface area contributed by atoms with E-state index in [1.807, 2.05) is 6.92 Å². The summed E-state index contributed by atoms with van der Waals surface area (Å²) in [6, 6.07) is 6.84. The second-order valence-corrected chi connectivity index (χ2v) is 5.01. The van der Waals surface area contributed by atoms with Crippen molar-refractivity contribution in [3.8, 4) is 0 Å². The number of nitrogen functional groups attached to an aromatic ring is 1. The summed E-state index contributed by atoms with van der Waals surface area (Å²) in [4.78, 5) is 12.2. The molecule has 6 heteroatoms. The largest absolute Gasteiger partial charge is 0.398 e. The van der Waals surface area contributed by atoms with Crippen molar-refractivity contribution < 1.29 is 4.79 Å². The second kappa shape index (κ2) is 4.96. The van der Waals surface area contributed by atoms with E-state index >= 15 is 0 Å². The zero-order chi connectivity index (χ0) is 14.1. The quantitative estimate of drug-likeness (QED) is 0.824. The van der Waals surface area contributed by atoms with Gasteiger partial charge in [-0.05, 0) is 25.5 Å². The predicted octanol–water partition coefficient (Wildman–Crippen LogP) is 1.30. The maximum Gasteiger partial charge on any atom is 0.253 e. The van der Waals surface area contributed by atoms with Gasteiger partial charge in [-0.3, -0.25) is 4.79 Å². The molecule has 0 saturated heterocycles. The van der Waals surface area contributed by atoms with Crippen LogP contribution in [-0.4, -0.2) is 20.7 Å². The highest BCUT2D eigenvalue weighted by Gasteiger charge is 2.23. The summed E-state index contributed by atoms with van der Waals surface area (Å²) in [5, 5.41) is 11.3. The minimum Gasteiger partial charge on any atom is -0.398 e. The lowest BCUT2D eigenvalue weighted by Crippen LogP contribution is -2.29. The number of nitrogens with one attached hydrogen (secondary N) is 1. The van der Waals surface area contributed by atoms with E-state index < -0.39 is 0 Å². The van der Waals surface area contributed by atoms with Crippen LogP contribution in [0.3, 0.4) is 0 Å². The molecule has 1 aliphatic heterocycles. The summed E-state index contributed by atoms with van der Waals surface area (Å²) >= 11 is 0. The first-order valence-corrected chi connectivity index (χ1v) is 6.74. The number of para-hydroxylation sites is 1. The first-order chi connectivity index (χ1) is 9.66. The highest BCUT2D eigenvalue weighted by molar-refractivity contribution is 5.99. The van der Waals surface area contributed by atoms with Gasteiger partial charge < -0.3 is 15.6 Å². The number of hydrogen-bond donors (Lipinski definition) is 2. The molecule has 0 radical (unpaired) electrons. The number of aryl methyl sites for hydroxylation is 1. The Morgan fingerprint density at radius 3 is 3.00 bits per heavy atom. The summed E-state index contributed by atoms with van der Waals surface area (Å²) in [6.45, 7) is 2.83. The van der Waals surface area contributed by atoms with Crippen LogP contribution in [-0.2, 0) is 13.0 Å². The van der Waals surface area contributed by atoms with Crippen molar-refractivity contribution in [3.05, 3.63) is 41.5 Å². The number of amides is 1. The Labute approximate surface area is 117 Å². The lowest BCUT2D eigenvalue weighted by atomic mass is 10.1. The molecule has 1 aliphatic rings. The molecule has 104 valence electrons. The molecule has 2 aromatic rings. The number of carbonyl (C=O) groups is 1. The molecular formula is C14H17N5O. The number of anilines is 1.